The van der Waals surface area contributed by atoms with E-state index in [4.69, 9.17) is 4.42 Å². The highest BCUT2D eigenvalue weighted by Gasteiger charge is 2.24. The number of hydrogen-bond donors (Lipinski definition) is 0. The van der Waals surface area contributed by atoms with E-state index >= 15 is 0 Å². The number of carbonyl (C=O) groups is 1. The monoisotopic (exact) mass is 348 g/mol. The zero-order valence-corrected chi connectivity index (χ0v) is 15.3. The number of rotatable bonds is 6. The topological polar surface area (TPSA) is 64.2 Å². The molecular formula is C17H24N4O2S. The van der Waals surface area contributed by atoms with Crippen molar-refractivity contribution in [3.8, 4) is 0 Å². The van der Waals surface area contributed by atoms with Crippen molar-refractivity contribution >= 4 is 23.5 Å². The Bertz CT molecular complexity index is 675. The Balaban J connectivity index is 1.87. The highest BCUT2D eigenvalue weighted by molar-refractivity contribution is 8.00. The normalized spacial score (nSPS) is 17.2. The number of nitrogens with zero attached hydrogens (tertiary/aromatic N) is 4. The van der Waals surface area contributed by atoms with E-state index in [9.17, 15) is 4.79 Å². The number of ketones is 1. The number of aromatic nitrogens is 3. The van der Waals surface area contributed by atoms with Gasteiger partial charge in [0.1, 0.15) is 11.5 Å². The molecule has 0 N–H and O–H groups in total. The average molecular weight is 348 g/mol. The van der Waals surface area contributed by atoms with Gasteiger partial charge in [-0.15, -0.1) is 10.2 Å². The van der Waals surface area contributed by atoms with Crippen molar-refractivity contribution in [2.45, 2.75) is 50.6 Å². The number of anilines is 1. The van der Waals surface area contributed by atoms with E-state index < -0.39 is 0 Å². The second-order valence-corrected chi connectivity index (χ2v) is 7.80. The Morgan fingerprint density at radius 1 is 1.42 bits per heavy atom. The standard InChI is InChI=1S/C17H24N4O2S/c1-12-6-8-20(9-7-12)16-18-19-17(24-14(3)13(2)22)21(16)11-15-5-4-10-23-15/h4-5,10,12,14H,6-9,11H2,1-3H3. The quantitative estimate of drug-likeness (QED) is 0.747. The second kappa shape index (κ2) is 7.42. The van der Waals surface area contributed by atoms with Crippen LogP contribution >= 0.6 is 11.8 Å². The number of carbonyl (C=O) groups excluding carboxylic acids is 1. The van der Waals surface area contributed by atoms with Gasteiger partial charge in [0.05, 0.1) is 18.1 Å². The van der Waals surface area contributed by atoms with Crippen LogP contribution in [0, 0.1) is 5.92 Å². The summed E-state index contributed by atoms with van der Waals surface area (Å²) in [5, 5.41) is 9.40. The van der Waals surface area contributed by atoms with Crippen LogP contribution in [0.4, 0.5) is 5.95 Å². The molecule has 1 atom stereocenters. The predicted octanol–water partition coefficient (Wildman–Crippen LogP) is 3.23. The van der Waals surface area contributed by atoms with Gasteiger partial charge in [0, 0.05) is 13.1 Å². The van der Waals surface area contributed by atoms with Crippen LogP contribution in [0.25, 0.3) is 0 Å². The van der Waals surface area contributed by atoms with Gasteiger partial charge >= 0.3 is 0 Å². The van der Waals surface area contributed by atoms with Gasteiger partial charge in [-0.25, -0.2) is 0 Å². The van der Waals surface area contributed by atoms with Gasteiger partial charge in [0.15, 0.2) is 5.16 Å². The first-order valence-electron chi connectivity index (χ1n) is 8.42. The van der Waals surface area contributed by atoms with Crippen molar-refractivity contribution in [3.63, 3.8) is 0 Å². The molecule has 1 unspecified atom stereocenters. The third-order valence-corrected chi connectivity index (χ3v) is 5.71. The first kappa shape index (κ1) is 17.1. The lowest BCUT2D eigenvalue weighted by atomic mass is 10.00. The molecule has 3 heterocycles. The molecule has 0 radical (unpaired) electrons. The van der Waals surface area contributed by atoms with Crippen molar-refractivity contribution in [3.05, 3.63) is 24.2 Å². The van der Waals surface area contributed by atoms with Gasteiger partial charge in [0.25, 0.3) is 0 Å². The molecule has 0 aliphatic carbocycles. The number of thioether (sulfide) groups is 1. The zero-order valence-electron chi connectivity index (χ0n) is 14.4. The molecular weight excluding hydrogens is 324 g/mol. The summed E-state index contributed by atoms with van der Waals surface area (Å²) >= 11 is 1.46. The van der Waals surface area contributed by atoms with Crippen LogP contribution in [-0.4, -0.2) is 38.9 Å². The molecule has 3 rings (SSSR count). The summed E-state index contributed by atoms with van der Waals surface area (Å²) in [7, 11) is 0. The molecule has 1 aliphatic heterocycles. The molecule has 1 saturated heterocycles. The fourth-order valence-electron chi connectivity index (χ4n) is 2.75. The summed E-state index contributed by atoms with van der Waals surface area (Å²) in [6.07, 6.45) is 4.01. The molecule has 130 valence electrons. The average Bonchev–Trinajstić information content (AvgIpc) is 3.19. The van der Waals surface area contributed by atoms with Crippen LogP contribution in [0.5, 0.6) is 0 Å². The molecule has 0 amide bonds. The third kappa shape index (κ3) is 3.83. The van der Waals surface area contributed by atoms with Crippen molar-refractivity contribution < 1.29 is 9.21 Å². The van der Waals surface area contributed by atoms with Crippen LogP contribution < -0.4 is 4.90 Å². The van der Waals surface area contributed by atoms with E-state index in [0.29, 0.717) is 6.54 Å². The third-order valence-electron chi connectivity index (χ3n) is 4.51. The predicted molar refractivity (Wildman–Crippen MR) is 94.4 cm³/mol. The first-order chi connectivity index (χ1) is 11.5. The van der Waals surface area contributed by atoms with Crippen LogP contribution in [0.1, 0.15) is 39.4 Å². The van der Waals surface area contributed by atoms with Crippen LogP contribution in [0.15, 0.2) is 28.0 Å². The van der Waals surface area contributed by atoms with E-state index in [1.54, 1.807) is 13.2 Å². The van der Waals surface area contributed by atoms with E-state index in [0.717, 1.165) is 35.9 Å². The molecule has 1 fully saturated rings. The van der Waals surface area contributed by atoms with E-state index in [2.05, 4.69) is 26.6 Å². The maximum Gasteiger partial charge on any atom is 0.228 e. The molecule has 0 saturated carbocycles. The Morgan fingerprint density at radius 2 is 2.17 bits per heavy atom. The number of piperidine rings is 1. The minimum Gasteiger partial charge on any atom is -0.467 e. The minimum atomic E-state index is -0.140. The molecule has 0 spiro atoms. The number of hydrogen-bond acceptors (Lipinski definition) is 6. The number of Topliss-reactive ketones (excluding diaryl/α,β-unsaturated/α-hetero) is 1. The molecule has 0 aromatic carbocycles. The Labute approximate surface area is 146 Å². The molecule has 1 aliphatic rings. The van der Waals surface area contributed by atoms with E-state index in [1.165, 1.54) is 24.6 Å². The van der Waals surface area contributed by atoms with Crippen molar-refractivity contribution in [1.29, 1.82) is 0 Å². The summed E-state index contributed by atoms with van der Waals surface area (Å²) in [4.78, 5) is 13.9. The molecule has 6 nitrogen and oxygen atoms in total. The van der Waals surface area contributed by atoms with Crippen molar-refractivity contribution in [2.75, 3.05) is 18.0 Å². The summed E-state index contributed by atoms with van der Waals surface area (Å²) in [6, 6.07) is 3.83. The molecule has 24 heavy (non-hydrogen) atoms. The van der Waals surface area contributed by atoms with Crippen LogP contribution in [0.2, 0.25) is 0 Å². The fourth-order valence-corrected chi connectivity index (χ4v) is 3.59. The lowest BCUT2D eigenvalue weighted by Crippen LogP contribution is -2.35. The molecule has 2 aromatic heterocycles. The van der Waals surface area contributed by atoms with Gasteiger partial charge in [-0.1, -0.05) is 18.7 Å². The van der Waals surface area contributed by atoms with E-state index in [-0.39, 0.29) is 11.0 Å². The second-order valence-electron chi connectivity index (χ2n) is 6.49. The summed E-state index contributed by atoms with van der Waals surface area (Å²) in [5.41, 5.74) is 0. The molecule has 0 bridgehead atoms. The lowest BCUT2D eigenvalue weighted by molar-refractivity contribution is -0.116. The summed E-state index contributed by atoms with van der Waals surface area (Å²) in [5.74, 6) is 2.63. The smallest absolute Gasteiger partial charge is 0.228 e. The van der Waals surface area contributed by atoms with Gasteiger partial charge in [-0.05, 0) is 44.7 Å². The molecule has 7 heteroatoms. The maximum absolute atomic E-state index is 11.6. The summed E-state index contributed by atoms with van der Waals surface area (Å²) < 4.78 is 7.57. The van der Waals surface area contributed by atoms with Crippen molar-refractivity contribution in [2.24, 2.45) is 5.92 Å². The van der Waals surface area contributed by atoms with Gasteiger partial charge in [-0.2, -0.15) is 0 Å². The van der Waals surface area contributed by atoms with E-state index in [1.807, 2.05) is 19.1 Å². The minimum absolute atomic E-state index is 0.140. The zero-order chi connectivity index (χ0) is 17.1. The highest BCUT2D eigenvalue weighted by Crippen LogP contribution is 2.29. The summed E-state index contributed by atoms with van der Waals surface area (Å²) in [6.45, 7) is 8.36. The largest absolute Gasteiger partial charge is 0.467 e. The molecule has 2 aromatic rings. The van der Waals surface area contributed by atoms with Gasteiger partial charge < -0.3 is 9.32 Å². The Hall–Kier alpha value is -1.76. The van der Waals surface area contributed by atoms with Crippen LogP contribution in [-0.2, 0) is 11.3 Å². The van der Waals surface area contributed by atoms with Crippen LogP contribution in [0.3, 0.4) is 0 Å². The fraction of sp³-hybridized carbons (Fsp3) is 0.588. The Morgan fingerprint density at radius 3 is 2.79 bits per heavy atom. The Kier molecular flexibility index (Phi) is 5.28. The van der Waals surface area contributed by atoms with Gasteiger partial charge in [0.2, 0.25) is 5.95 Å². The van der Waals surface area contributed by atoms with Gasteiger partial charge in [-0.3, -0.25) is 9.36 Å². The number of furan rings is 1. The first-order valence-corrected chi connectivity index (χ1v) is 9.30. The van der Waals surface area contributed by atoms with Crippen molar-refractivity contribution in [1.82, 2.24) is 14.8 Å². The SMILES string of the molecule is CC(=O)C(C)Sc1nnc(N2CCC(C)CC2)n1Cc1ccco1. The maximum atomic E-state index is 11.6. The highest BCUT2D eigenvalue weighted by atomic mass is 32.2. The lowest BCUT2D eigenvalue weighted by Gasteiger charge is -2.31.